The molecule has 1 rings (SSSR count). The van der Waals surface area contributed by atoms with Crippen LogP contribution in [0.2, 0.25) is 0 Å². The number of alkyl halides is 3. The second-order valence-electron chi connectivity index (χ2n) is 3.63. The number of primary sulfonamides is 1. The highest BCUT2D eigenvalue weighted by Crippen LogP contribution is 2.18. The van der Waals surface area contributed by atoms with Crippen LogP contribution in [0.25, 0.3) is 0 Å². The van der Waals surface area contributed by atoms with Crippen molar-refractivity contribution in [1.82, 2.24) is 0 Å². The summed E-state index contributed by atoms with van der Waals surface area (Å²) in [6.07, 6.45) is 0.385. The van der Waals surface area contributed by atoms with Gasteiger partial charge in [0.1, 0.15) is 6.04 Å². The quantitative estimate of drug-likeness (QED) is 0.746. The molecule has 0 saturated carbocycles. The average Bonchev–Trinajstić information content (AvgIpc) is 2.28. The van der Waals surface area contributed by atoms with Crippen LogP contribution in [0.15, 0.2) is 30.3 Å². The predicted octanol–water partition coefficient (Wildman–Crippen LogP) is 0.436. The van der Waals surface area contributed by atoms with E-state index in [4.69, 9.17) is 10.8 Å². The fraction of sp³-hybridized carbons (Fsp3) is 0.300. The summed E-state index contributed by atoms with van der Waals surface area (Å²) in [6, 6.07) is 8.54. The smallest absolute Gasteiger partial charge is 0.480 e. The van der Waals surface area contributed by atoms with Crippen molar-refractivity contribution in [2.75, 3.05) is 0 Å². The first kappa shape index (κ1) is 18.4. The van der Waals surface area contributed by atoms with Gasteiger partial charge in [-0.2, -0.15) is 13.2 Å². The van der Waals surface area contributed by atoms with Crippen LogP contribution in [0.1, 0.15) is 5.56 Å². The Kier molecular flexibility index (Phi) is 6.62. The van der Waals surface area contributed by atoms with Crippen molar-refractivity contribution in [1.29, 1.82) is 0 Å². The lowest BCUT2D eigenvalue weighted by molar-refractivity contribution is -0.138. The van der Waals surface area contributed by atoms with Gasteiger partial charge < -0.3 is 10.8 Å². The molecule has 6 nitrogen and oxygen atoms in total. The molecule has 0 radical (unpaired) electrons. The van der Waals surface area contributed by atoms with E-state index in [2.05, 4.69) is 5.14 Å². The topological polar surface area (TPSA) is 123 Å². The first-order chi connectivity index (χ1) is 8.95. The van der Waals surface area contributed by atoms with E-state index in [9.17, 15) is 26.4 Å². The summed E-state index contributed by atoms with van der Waals surface area (Å²) in [5.41, 5.74) is 0.988. The maximum absolute atomic E-state index is 10.8. The molecule has 0 aliphatic rings. The molecule has 0 unspecified atom stereocenters. The maximum Gasteiger partial charge on any atom is 0.511 e. The van der Waals surface area contributed by atoms with Gasteiger partial charge in [-0.3, -0.25) is 4.79 Å². The van der Waals surface area contributed by atoms with E-state index in [0.29, 0.717) is 6.42 Å². The van der Waals surface area contributed by atoms with Crippen LogP contribution in [0.5, 0.6) is 0 Å². The Bertz CT molecular complexity index is 531. The Morgan fingerprint density at radius 3 is 1.95 bits per heavy atom. The normalized spacial score (nSPS) is 13.1. The van der Waals surface area contributed by atoms with E-state index < -0.39 is 27.5 Å². The van der Waals surface area contributed by atoms with Crippen molar-refractivity contribution in [2.24, 2.45) is 10.9 Å². The van der Waals surface area contributed by atoms with Crippen molar-refractivity contribution >= 4 is 16.0 Å². The molecule has 0 aliphatic heterocycles. The lowest BCUT2D eigenvalue weighted by atomic mass is 10.1. The number of rotatable bonds is 3. The minimum absolute atomic E-state index is 0.385. The number of halogens is 3. The fourth-order valence-corrected chi connectivity index (χ4v) is 0.955. The summed E-state index contributed by atoms with van der Waals surface area (Å²) in [7, 11) is -5.34. The van der Waals surface area contributed by atoms with Gasteiger partial charge in [-0.15, -0.1) is 0 Å². The molecule has 0 spiro atoms. The van der Waals surface area contributed by atoms with Crippen LogP contribution < -0.4 is 10.9 Å². The van der Waals surface area contributed by atoms with E-state index in [-0.39, 0.29) is 0 Å². The van der Waals surface area contributed by atoms with Crippen LogP contribution in [0, 0.1) is 0 Å². The zero-order valence-corrected chi connectivity index (χ0v) is 10.9. The number of hydrogen-bond donors (Lipinski definition) is 3. The lowest BCUT2D eigenvalue weighted by Gasteiger charge is -2.04. The SMILES string of the molecule is NS(=O)(=O)C(F)(F)F.N[C@@H](Cc1ccccc1)C(=O)O. The number of hydrogen-bond acceptors (Lipinski definition) is 4. The molecule has 0 aliphatic carbocycles. The van der Waals surface area contributed by atoms with E-state index in [1.807, 2.05) is 30.3 Å². The number of sulfonamides is 1. The average molecular weight is 314 g/mol. The van der Waals surface area contributed by atoms with E-state index in [1.165, 1.54) is 0 Å². The third-order valence-corrected chi connectivity index (χ3v) is 2.58. The Labute approximate surface area is 113 Å². The standard InChI is InChI=1S/C9H11NO2.CH2F3NO2S/c10-8(9(11)12)6-7-4-2-1-3-5-7;2-1(3,4)8(5,6)7/h1-5,8H,6,10H2,(H,11,12);(H2,5,6,7)/t8-;/m0./s1. The molecule has 0 amide bonds. The van der Waals surface area contributed by atoms with Gasteiger partial charge in [-0.05, 0) is 12.0 Å². The summed E-state index contributed by atoms with van der Waals surface area (Å²) in [4.78, 5) is 10.4. The van der Waals surface area contributed by atoms with Crippen LogP contribution in [-0.2, 0) is 21.2 Å². The van der Waals surface area contributed by atoms with Crippen molar-refractivity contribution in [3.63, 3.8) is 0 Å². The second kappa shape index (κ2) is 7.22. The molecule has 10 heteroatoms. The number of benzene rings is 1. The highest BCUT2D eigenvalue weighted by molar-refractivity contribution is 7.90. The minimum Gasteiger partial charge on any atom is -0.480 e. The zero-order chi connectivity index (χ0) is 16.0. The first-order valence-electron chi connectivity index (χ1n) is 5.06. The monoisotopic (exact) mass is 314 g/mol. The highest BCUT2D eigenvalue weighted by atomic mass is 32.2. The molecular formula is C10H13F3N2O4S. The first-order valence-corrected chi connectivity index (χ1v) is 6.61. The summed E-state index contributed by atoms with van der Waals surface area (Å²) < 4.78 is 51.2. The molecule has 0 saturated heterocycles. The summed E-state index contributed by atoms with van der Waals surface area (Å²) >= 11 is 0. The second-order valence-corrected chi connectivity index (χ2v) is 5.18. The third kappa shape index (κ3) is 7.07. The van der Waals surface area contributed by atoms with Crippen LogP contribution >= 0.6 is 0 Å². The van der Waals surface area contributed by atoms with Crippen molar-refractivity contribution < 1.29 is 31.5 Å². The van der Waals surface area contributed by atoms with Crippen molar-refractivity contribution in [3.8, 4) is 0 Å². The van der Waals surface area contributed by atoms with Gasteiger partial charge in [0.15, 0.2) is 0 Å². The molecule has 1 atom stereocenters. The van der Waals surface area contributed by atoms with Gasteiger partial charge in [0.2, 0.25) is 0 Å². The van der Waals surface area contributed by atoms with Crippen molar-refractivity contribution in [3.05, 3.63) is 35.9 Å². The van der Waals surface area contributed by atoms with Gasteiger partial charge in [0.05, 0.1) is 0 Å². The zero-order valence-electron chi connectivity index (χ0n) is 10.0. The molecule has 114 valence electrons. The van der Waals surface area contributed by atoms with E-state index in [1.54, 1.807) is 0 Å². The number of carboxylic acids is 1. The summed E-state index contributed by atoms with van der Waals surface area (Å²) in [5.74, 6) is -0.959. The Balaban J connectivity index is 0.000000396. The van der Waals surface area contributed by atoms with Crippen LogP contribution in [-0.4, -0.2) is 31.0 Å². The summed E-state index contributed by atoms with van der Waals surface area (Å²) in [6.45, 7) is 0. The number of nitrogens with two attached hydrogens (primary N) is 2. The highest BCUT2D eigenvalue weighted by Gasteiger charge is 2.42. The van der Waals surface area contributed by atoms with Gasteiger partial charge in [-0.1, -0.05) is 30.3 Å². The molecule has 1 aromatic rings. The molecule has 0 fully saturated rings. The molecule has 0 aromatic heterocycles. The Morgan fingerprint density at radius 2 is 1.65 bits per heavy atom. The van der Waals surface area contributed by atoms with Gasteiger partial charge in [0.25, 0.3) is 0 Å². The van der Waals surface area contributed by atoms with E-state index in [0.717, 1.165) is 5.56 Å². The number of carbonyl (C=O) groups is 1. The fourth-order valence-electron chi connectivity index (χ4n) is 0.955. The van der Waals surface area contributed by atoms with Crippen LogP contribution in [0.4, 0.5) is 13.2 Å². The lowest BCUT2D eigenvalue weighted by Crippen LogP contribution is -2.32. The molecule has 1 aromatic carbocycles. The minimum atomic E-state index is -5.34. The number of carboxylic acid groups (broad SMARTS) is 1. The molecule has 5 N–H and O–H groups in total. The molecule has 0 heterocycles. The largest absolute Gasteiger partial charge is 0.511 e. The van der Waals surface area contributed by atoms with E-state index >= 15 is 0 Å². The van der Waals surface area contributed by atoms with Crippen molar-refractivity contribution in [2.45, 2.75) is 18.0 Å². The van der Waals surface area contributed by atoms with Crippen LogP contribution in [0.3, 0.4) is 0 Å². The maximum atomic E-state index is 10.8. The summed E-state index contributed by atoms with van der Waals surface area (Å²) in [5, 5.41) is 12.2. The van der Waals surface area contributed by atoms with Gasteiger partial charge in [0, 0.05) is 0 Å². The Hall–Kier alpha value is -1.65. The van der Waals surface area contributed by atoms with Gasteiger partial charge >= 0.3 is 21.5 Å². The Morgan fingerprint density at radius 1 is 1.25 bits per heavy atom. The molecular weight excluding hydrogens is 301 g/mol. The number of aliphatic carboxylic acids is 1. The third-order valence-electron chi connectivity index (χ3n) is 1.94. The predicted molar refractivity (Wildman–Crippen MR) is 64.9 cm³/mol. The van der Waals surface area contributed by atoms with Gasteiger partial charge in [-0.25, -0.2) is 13.6 Å². The molecule has 0 bridgehead atoms. The molecule has 20 heavy (non-hydrogen) atoms.